The van der Waals surface area contributed by atoms with Gasteiger partial charge in [-0.25, -0.2) is 0 Å². The highest BCUT2D eigenvalue weighted by Crippen LogP contribution is 2.23. The zero-order chi connectivity index (χ0) is 33.8. The van der Waals surface area contributed by atoms with E-state index < -0.39 is 0 Å². The summed E-state index contributed by atoms with van der Waals surface area (Å²) in [7, 11) is 0. The maximum Gasteiger partial charge on any atom is 0.0314 e. The van der Waals surface area contributed by atoms with Gasteiger partial charge in [-0.1, -0.05) is 141 Å². The standard InChI is InChI=1S/C47H50N2/c1-2-3-4-5-6-44-34-43(32-39-13-11-37(12-14-39)31-41-22-27-47(49)28-23-41)19-24-45(44)33-42-17-15-38(16-18-42)29-35-7-9-36(10-8-35)30-40-20-25-46(48)26-21-40/h7-28,34H,2-6,29-33,48-49H2,1H3. The molecule has 0 aliphatic carbocycles. The van der Waals surface area contributed by atoms with Crippen LogP contribution in [-0.4, -0.2) is 0 Å². The molecule has 0 heterocycles. The fourth-order valence-corrected chi connectivity index (χ4v) is 6.70. The lowest BCUT2D eigenvalue weighted by Crippen LogP contribution is -2.00. The van der Waals surface area contributed by atoms with E-state index >= 15 is 0 Å². The normalized spacial score (nSPS) is 11.1. The van der Waals surface area contributed by atoms with Crippen molar-refractivity contribution in [1.29, 1.82) is 0 Å². The summed E-state index contributed by atoms with van der Waals surface area (Å²) in [5.74, 6) is 0. The molecule has 6 rings (SSSR count). The molecule has 0 amide bonds. The first kappa shape index (κ1) is 33.8. The first-order valence-corrected chi connectivity index (χ1v) is 18.0. The van der Waals surface area contributed by atoms with Gasteiger partial charge < -0.3 is 11.5 Å². The van der Waals surface area contributed by atoms with Crippen molar-refractivity contribution in [3.8, 4) is 0 Å². The van der Waals surface area contributed by atoms with Crippen LogP contribution in [0, 0.1) is 0 Å². The van der Waals surface area contributed by atoms with E-state index in [-0.39, 0.29) is 0 Å². The number of hydrogen-bond acceptors (Lipinski definition) is 2. The summed E-state index contributed by atoms with van der Waals surface area (Å²) in [5, 5.41) is 0. The Morgan fingerprint density at radius 3 is 1.04 bits per heavy atom. The number of benzene rings is 6. The summed E-state index contributed by atoms with van der Waals surface area (Å²) in [6, 6.07) is 51.0. The zero-order valence-electron chi connectivity index (χ0n) is 29.0. The van der Waals surface area contributed by atoms with Crippen LogP contribution in [0.4, 0.5) is 11.4 Å². The maximum absolute atomic E-state index is 5.86. The van der Waals surface area contributed by atoms with E-state index in [0.29, 0.717) is 0 Å². The van der Waals surface area contributed by atoms with Crippen molar-refractivity contribution in [3.63, 3.8) is 0 Å². The van der Waals surface area contributed by atoms with Gasteiger partial charge in [-0.05, 0) is 130 Å². The molecule has 248 valence electrons. The molecule has 49 heavy (non-hydrogen) atoms. The number of unbranched alkanes of at least 4 members (excludes halogenated alkanes) is 3. The summed E-state index contributed by atoms with van der Waals surface area (Å²) in [6.07, 6.45) is 11.0. The predicted molar refractivity (Wildman–Crippen MR) is 209 cm³/mol. The molecular weight excluding hydrogens is 593 g/mol. The first-order chi connectivity index (χ1) is 24.0. The summed E-state index contributed by atoms with van der Waals surface area (Å²) in [6.45, 7) is 2.29. The van der Waals surface area contributed by atoms with Gasteiger partial charge in [0.25, 0.3) is 0 Å². The van der Waals surface area contributed by atoms with Gasteiger partial charge in [-0.2, -0.15) is 0 Å². The number of aryl methyl sites for hydroxylation is 1. The molecule has 0 unspecified atom stereocenters. The summed E-state index contributed by atoms with van der Waals surface area (Å²) in [5.41, 5.74) is 28.4. The fourth-order valence-electron chi connectivity index (χ4n) is 6.70. The van der Waals surface area contributed by atoms with E-state index in [1.165, 1.54) is 86.9 Å². The summed E-state index contributed by atoms with van der Waals surface area (Å²) in [4.78, 5) is 0. The lowest BCUT2D eigenvalue weighted by molar-refractivity contribution is 0.665. The molecule has 0 atom stereocenters. The van der Waals surface area contributed by atoms with Gasteiger partial charge in [-0.3, -0.25) is 0 Å². The molecule has 0 saturated heterocycles. The van der Waals surface area contributed by atoms with E-state index in [9.17, 15) is 0 Å². The molecule has 2 heteroatoms. The Labute approximate surface area is 293 Å². The molecule has 0 fully saturated rings. The number of nitrogen functional groups attached to an aromatic ring is 2. The van der Waals surface area contributed by atoms with E-state index in [0.717, 1.165) is 49.9 Å². The molecule has 0 saturated carbocycles. The van der Waals surface area contributed by atoms with E-state index in [2.05, 4.69) is 122 Å². The number of rotatable bonds is 15. The minimum Gasteiger partial charge on any atom is -0.399 e. The van der Waals surface area contributed by atoms with Gasteiger partial charge in [0.1, 0.15) is 0 Å². The second-order valence-electron chi connectivity index (χ2n) is 13.7. The highest BCUT2D eigenvalue weighted by molar-refractivity contribution is 5.43. The van der Waals surface area contributed by atoms with Crippen molar-refractivity contribution >= 4 is 11.4 Å². The second-order valence-corrected chi connectivity index (χ2v) is 13.7. The number of nitrogens with two attached hydrogens (primary N) is 2. The molecule has 0 aromatic heterocycles. The van der Waals surface area contributed by atoms with Crippen molar-refractivity contribution in [1.82, 2.24) is 0 Å². The molecule has 0 bridgehead atoms. The van der Waals surface area contributed by atoms with Crippen LogP contribution >= 0.6 is 0 Å². The predicted octanol–water partition coefficient (Wildman–Crippen LogP) is 10.9. The van der Waals surface area contributed by atoms with Crippen LogP contribution in [0.25, 0.3) is 0 Å². The van der Waals surface area contributed by atoms with Gasteiger partial charge in [0.2, 0.25) is 0 Å². The number of hydrogen-bond donors (Lipinski definition) is 2. The summed E-state index contributed by atoms with van der Waals surface area (Å²) >= 11 is 0. The fraction of sp³-hybridized carbons (Fsp3) is 0.234. The molecule has 4 N–H and O–H groups in total. The van der Waals surface area contributed by atoms with E-state index in [4.69, 9.17) is 11.5 Å². The Morgan fingerprint density at radius 1 is 0.327 bits per heavy atom. The Hall–Kier alpha value is -5.08. The van der Waals surface area contributed by atoms with Crippen molar-refractivity contribution in [2.24, 2.45) is 0 Å². The number of anilines is 2. The van der Waals surface area contributed by atoms with Crippen LogP contribution in [0.2, 0.25) is 0 Å². The van der Waals surface area contributed by atoms with Gasteiger partial charge in [-0.15, -0.1) is 0 Å². The van der Waals surface area contributed by atoms with Gasteiger partial charge in [0.15, 0.2) is 0 Å². The van der Waals surface area contributed by atoms with Crippen LogP contribution in [0.15, 0.2) is 140 Å². The molecule has 0 spiro atoms. The van der Waals surface area contributed by atoms with Crippen molar-refractivity contribution in [3.05, 3.63) is 201 Å². The second kappa shape index (κ2) is 16.8. The van der Waals surface area contributed by atoms with Crippen LogP contribution in [0.3, 0.4) is 0 Å². The zero-order valence-corrected chi connectivity index (χ0v) is 29.0. The molecular formula is C47H50N2. The minimum absolute atomic E-state index is 0.811. The van der Waals surface area contributed by atoms with Crippen molar-refractivity contribution in [2.45, 2.75) is 71.1 Å². The Bertz CT molecular complexity index is 1880. The third-order valence-corrected chi connectivity index (χ3v) is 9.63. The summed E-state index contributed by atoms with van der Waals surface area (Å²) < 4.78 is 0. The van der Waals surface area contributed by atoms with Crippen molar-refractivity contribution < 1.29 is 0 Å². The van der Waals surface area contributed by atoms with Gasteiger partial charge >= 0.3 is 0 Å². The third kappa shape index (κ3) is 10.2. The van der Waals surface area contributed by atoms with Crippen LogP contribution < -0.4 is 11.5 Å². The van der Waals surface area contributed by atoms with Crippen LogP contribution in [0.1, 0.15) is 93.8 Å². The van der Waals surface area contributed by atoms with E-state index in [1.807, 2.05) is 24.3 Å². The van der Waals surface area contributed by atoms with E-state index in [1.54, 1.807) is 0 Å². The Morgan fingerprint density at radius 2 is 0.653 bits per heavy atom. The monoisotopic (exact) mass is 642 g/mol. The highest BCUT2D eigenvalue weighted by Gasteiger charge is 2.08. The largest absolute Gasteiger partial charge is 0.399 e. The smallest absolute Gasteiger partial charge is 0.0314 e. The molecule has 6 aromatic carbocycles. The average Bonchev–Trinajstić information content (AvgIpc) is 3.12. The van der Waals surface area contributed by atoms with Crippen molar-refractivity contribution in [2.75, 3.05) is 11.5 Å². The SMILES string of the molecule is CCCCCCc1cc(Cc2ccc(Cc3ccc(N)cc3)cc2)ccc1Cc1ccc(Cc2ccc(Cc3ccc(N)cc3)cc2)cc1. The Kier molecular flexibility index (Phi) is 11.6. The van der Waals surface area contributed by atoms with Gasteiger partial charge in [0, 0.05) is 11.4 Å². The molecule has 6 aromatic rings. The highest BCUT2D eigenvalue weighted by atomic mass is 14.5. The maximum atomic E-state index is 5.86. The first-order valence-electron chi connectivity index (χ1n) is 18.0. The molecule has 0 aliphatic heterocycles. The van der Waals surface area contributed by atoms with Crippen LogP contribution in [-0.2, 0) is 38.5 Å². The molecule has 2 nitrogen and oxygen atoms in total. The quantitative estimate of drug-likeness (QED) is 0.0865. The third-order valence-electron chi connectivity index (χ3n) is 9.63. The van der Waals surface area contributed by atoms with Crippen LogP contribution in [0.5, 0.6) is 0 Å². The molecule has 0 aliphatic rings. The Balaban J connectivity index is 1.08. The lowest BCUT2D eigenvalue weighted by Gasteiger charge is -2.14. The van der Waals surface area contributed by atoms with Gasteiger partial charge in [0.05, 0.1) is 0 Å². The molecule has 0 radical (unpaired) electrons. The minimum atomic E-state index is 0.811. The average molecular weight is 643 g/mol. The lowest BCUT2D eigenvalue weighted by atomic mass is 9.92. The topological polar surface area (TPSA) is 52.0 Å².